The Hall–Kier alpha value is -5.77. The fourth-order valence-electron chi connectivity index (χ4n) is 5.04. The maximum atomic E-state index is 14.4. The number of benzene rings is 3. The van der Waals surface area contributed by atoms with Gasteiger partial charge in [-0.25, -0.2) is 22.0 Å². The van der Waals surface area contributed by atoms with Crippen LogP contribution in [0.4, 0.5) is 22.0 Å². The van der Waals surface area contributed by atoms with Crippen LogP contribution in [0, 0.1) is 57.0 Å². The summed E-state index contributed by atoms with van der Waals surface area (Å²) in [6.45, 7) is 3.48. The highest BCUT2D eigenvalue weighted by Gasteiger charge is 2.33. The van der Waals surface area contributed by atoms with Crippen LogP contribution in [0.25, 0.3) is 39.5 Å². The van der Waals surface area contributed by atoms with E-state index < -0.39 is 29.8 Å². The van der Waals surface area contributed by atoms with E-state index in [9.17, 15) is 43.0 Å². The lowest BCUT2D eigenvalue weighted by Crippen LogP contribution is -2.19. The molecule has 0 radical (unpaired) electrons. The molecule has 0 N–H and O–H groups in total. The predicted molar refractivity (Wildman–Crippen MR) is 141 cm³/mol. The molecule has 0 spiro atoms. The standard InChI is InChI=1S/C32H13F5N4/c1-2-15-3-16(6-27(33)31(15)36)21-9-25-23(4-18(21)11-38)24-5-19(12-39)22(10-26(24)30(25)20(13-40)14-41)17-7-28(34)32(37)29(35)8-17/h2-10,28,32H,1H2. The van der Waals surface area contributed by atoms with Crippen molar-refractivity contribution < 1.29 is 22.0 Å². The zero-order chi connectivity index (χ0) is 29.6. The zero-order valence-electron chi connectivity index (χ0n) is 20.7. The van der Waals surface area contributed by atoms with Gasteiger partial charge in [0.1, 0.15) is 23.5 Å². The Kier molecular flexibility index (Phi) is 6.60. The quantitative estimate of drug-likeness (QED) is 0.193. The van der Waals surface area contributed by atoms with Crippen LogP contribution in [0.2, 0.25) is 0 Å². The van der Waals surface area contributed by atoms with Crippen molar-refractivity contribution in [1.29, 1.82) is 21.0 Å². The van der Waals surface area contributed by atoms with E-state index in [0.29, 0.717) is 11.1 Å². The van der Waals surface area contributed by atoms with Crippen molar-refractivity contribution in [1.82, 2.24) is 0 Å². The second kappa shape index (κ2) is 10.1. The molecule has 196 valence electrons. The predicted octanol–water partition coefficient (Wildman–Crippen LogP) is 7.77. The molecule has 3 aromatic rings. The minimum Gasteiger partial charge on any atom is -0.239 e. The number of fused-ring (bicyclic) bond motifs is 3. The number of alkyl halides is 2. The number of rotatable bonds is 3. The van der Waals surface area contributed by atoms with Crippen molar-refractivity contribution in [3.8, 4) is 46.5 Å². The summed E-state index contributed by atoms with van der Waals surface area (Å²) in [4.78, 5) is 0. The van der Waals surface area contributed by atoms with Crippen molar-refractivity contribution in [3.05, 3.63) is 112 Å². The molecule has 2 aliphatic carbocycles. The molecule has 5 rings (SSSR count). The number of halogens is 5. The zero-order valence-corrected chi connectivity index (χ0v) is 20.7. The van der Waals surface area contributed by atoms with Gasteiger partial charge in [0.15, 0.2) is 24.0 Å². The highest BCUT2D eigenvalue weighted by molar-refractivity contribution is 6.07. The number of nitriles is 4. The Morgan fingerprint density at radius 2 is 1.34 bits per heavy atom. The largest absolute Gasteiger partial charge is 0.239 e. The monoisotopic (exact) mass is 548 g/mol. The summed E-state index contributed by atoms with van der Waals surface area (Å²) >= 11 is 0. The molecule has 0 saturated heterocycles. The topological polar surface area (TPSA) is 95.2 Å². The van der Waals surface area contributed by atoms with Crippen molar-refractivity contribution in [2.75, 3.05) is 0 Å². The minimum atomic E-state index is -2.48. The number of nitrogens with zero attached hydrogens (tertiary/aromatic N) is 4. The van der Waals surface area contributed by atoms with Crippen LogP contribution in [-0.2, 0) is 0 Å². The van der Waals surface area contributed by atoms with Crippen molar-refractivity contribution >= 4 is 17.2 Å². The van der Waals surface area contributed by atoms with Gasteiger partial charge >= 0.3 is 0 Å². The first kappa shape index (κ1) is 26.8. The molecular weight excluding hydrogens is 535 g/mol. The smallest absolute Gasteiger partial charge is 0.186 e. The lowest BCUT2D eigenvalue weighted by atomic mass is 9.89. The van der Waals surface area contributed by atoms with Gasteiger partial charge in [-0.05, 0) is 87.5 Å². The summed E-state index contributed by atoms with van der Waals surface area (Å²) in [5, 5.41) is 39.4. The molecule has 3 aromatic carbocycles. The fraction of sp³-hybridized carbons (Fsp3) is 0.0625. The lowest BCUT2D eigenvalue weighted by Gasteiger charge is -2.18. The van der Waals surface area contributed by atoms with Crippen LogP contribution in [0.1, 0.15) is 33.4 Å². The fourth-order valence-corrected chi connectivity index (χ4v) is 5.04. The van der Waals surface area contributed by atoms with E-state index >= 15 is 0 Å². The molecule has 2 atom stereocenters. The summed E-state index contributed by atoms with van der Waals surface area (Å²) in [7, 11) is 0. The maximum Gasteiger partial charge on any atom is 0.186 e. The van der Waals surface area contributed by atoms with Crippen molar-refractivity contribution in [2.24, 2.45) is 0 Å². The van der Waals surface area contributed by atoms with Gasteiger partial charge in [-0.2, -0.15) is 21.0 Å². The normalized spacial score (nSPS) is 16.7. The number of hydrogen-bond acceptors (Lipinski definition) is 4. The molecular formula is C32H13F5N4. The summed E-state index contributed by atoms with van der Waals surface area (Å²) in [6.07, 6.45) is -2.06. The van der Waals surface area contributed by atoms with E-state index in [-0.39, 0.29) is 61.2 Å². The highest BCUT2D eigenvalue weighted by Crippen LogP contribution is 2.50. The highest BCUT2D eigenvalue weighted by atomic mass is 19.2. The third-order valence-corrected chi connectivity index (χ3v) is 6.93. The van der Waals surface area contributed by atoms with Gasteiger partial charge in [-0.15, -0.1) is 0 Å². The molecule has 0 fully saturated rings. The van der Waals surface area contributed by atoms with Gasteiger partial charge in [0.05, 0.1) is 23.3 Å². The van der Waals surface area contributed by atoms with E-state index in [1.54, 1.807) is 0 Å². The minimum absolute atomic E-state index is 0.0356. The van der Waals surface area contributed by atoms with Gasteiger partial charge in [-0.3, -0.25) is 0 Å². The molecule has 0 saturated carbocycles. The third-order valence-electron chi connectivity index (χ3n) is 6.93. The molecule has 0 aromatic heterocycles. The molecule has 4 nitrogen and oxygen atoms in total. The summed E-state index contributed by atoms with van der Waals surface area (Å²) in [6, 6.07) is 15.4. The van der Waals surface area contributed by atoms with Gasteiger partial charge in [0, 0.05) is 16.7 Å². The van der Waals surface area contributed by atoms with E-state index in [1.807, 2.05) is 24.3 Å². The van der Waals surface area contributed by atoms with Crippen LogP contribution in [-0.4, -0.2) is 12.3 Å². The summed E-state index contributed by atoms with van der Waals surface area (Å²) < 4.78 is 70.7. The van der Waals surface area contributed by atoms with Crippen LogP contribution >= 0.6 is 0 Å². The second-order valence-corrected chi connectivity index (χ2v) is 9.15. The lowest BCUT2D eigenvalue weighted by molar-refractivity contribution is 0.207. The molecule has 2 aliphatic rings. The Bertz CT molecular complexity index is 1960. The van der Waals surface area contributed by atoms with E-state index in [4.69, 9.17) is 0 Å². The Balaban J connectivity index is 1.83. The van der Waals surface area contributed by atoms with Crippen molar-refractivity contribution in [3.63, 3.8) is 0 Å². The second-order valence-electron chi connectivity index (χ2n) is 9.15. The first-order valence-electron chi connectivity index (χ1n) is 11.9. The van der Waals surface area contributed by atoms with Crippen LogP contribution in [0.3, 0.4) is 0 Å². The SMILES string of the molecule is C=Cc1cc(-c2cc3c(cc2C#N)-c2cc(C#N)c(C4=CC(F)C(F)C(F)=C4)cc2C3=C(C#N)C#N)cc(F)c1F. The van der Waals surface area contributed by atoms with Gasteiger partial charge < -0.3 is 0 Å². The van der Waals surface area contributed by atoms with Gasteiger partial charge in [0.25, 0.3) is 0 Å². The molecule has 0 bridgehead atoms. The first-order valence-corrected chi connectivity index (χ1v) is 11.9. The van der Waals surface area contributed by atoms with E-state index in [0.717, 1.165) is 24.3 Å². The molecule has 0 amide bonds. The molecule has 2 unspecified atom stereocenters. The first-order chi connectivity index (χ1) is 19.7. The van der Waals surface area contributed by atoms with Gasteiger partial charge in [0.2, 0.25) is 0 Å². The molecule has 41 heavy (non-hydrogen) atoms. The third kappa shape index (κ3) is 4.18. The average Bonchev–Trinajstić information content (AvgIpc) is 3.28. The Morgan fingerprint density at radius 1 is 0.756 bits per heavy atom. The van der Waals surface area contributed by atoms with Crippen LogP contribution < -0.4 is 0 Å². The number of hydrogen-bond donors (Lipinski definition) is 0. The average molecular weight is 548 g/mol. The summed E-state index contributed by atoms with van der Waals surface area (Å²) in [5.74, 6) is -3.66. The van der Waals surface area contributed by atoms with Crippen LogP contribution in [0.15, 0.2) is 66.5 Å². The molecule has 9 heteroatoms. The van der Waals surface area contributed by atoms with Gasteiger partial charge in [-0.1, -0.05) is 12.7 Å². The molecule has 0 heterocycles. The van der Waals surface area contributed by atoms with E-state index in [2.05, 4.69) is 6.58 Å². The summed E-state index contributed by atoms with van der Waals surface area (Å²) in [5.41, 5.74) is 1.08. The van der Waals surface area contributed by atoms with Crippen LogP contribution in [0.5, 0.6) is 0 Å². The molecule has 0 aliphatic heterocycles. The Labute approximate surface area is 230 Å². The van der Waals surface area contributed by atoms with Crippen molar-refractivity contribution in [2.45, 2.75) is 12.3 Å². The maximum absolute atomic E-state index is 14.4. The van der Waals surface area contributed by atoms with E-state index in [1.165, 1.54) is 30.3 Å². The Morgan fingerprint density at radius 3 is 1.88 bits per heavy atom. The number of allylic oxidation sites excluding steroid dienone is 5.